The molecule has 1 aromatic heterocycles. The van der Waals surface area contributed by atoms with Crippen molar-refractivity contribution in [3.8, 4) is 0 Å². The summed E-state index contributed by atoms with van der Waals surface area (Å²) < 4.78 is 28.9. The first kappa shape index (κ1) is 16.3. The molecule has 1 aliphatic rings. The molecule has 2 heterocycles. The van der Waals surface area contributed by atoms with E-state index in [4.69, 9.17) is 5.73 Å². The van der Waals surface area contributed by atoms with Gasteiger partial charge in [0.1, 0.15) is 4.90 Å². The molecule has 1 fully saturated rings. The first-order valence-corrected chi connectivity index (χ1v) is 8.92. The number of rotatable bonds is 6. The van der Waals surface area contributed by atoms with E-state index in [1.54, 1.807) is 4.68 Å². The average Bonchev–Trinajstić information content (AvgIpc) is 2.80. The highest BCUT2D eigenvalue weighted by Crippen LogP contribution is 2.19. The zero-order valence-corrected chi connectivity index (χ0v) is 13.6. The number of hydrogen-bond donors (Lipinski definition) is 2. The van der Waals surface area contributed by atoms with Crippen LogP contribution in [0, 0.1) is 5.92 Å². The number of likely N-dealkylation sites (tertiary alicyclic amines) is 1. The Balaban J connectivity index is 1.98. The first-order chi connectivity index (χ1) is 9.92. The van der Waals surface area contributed by atoms with Gasteiger partial charge in [0.25, 0.3) is 0 Å². The van der Waals surface area contributed by atoms with Crippen molar-refractivity contribution in [1.29, 1.82) is 0 Å². The van der Waals surface area contributed by atoms with Gasteiger partial charge in [0, 0.05) is 19.3 Å². The summed E-state index contributed by atoms with van der Waals surface area (Å²) in [6.07, 6.45) is 4.42. The van der Waals surface area contributed by atoms with Crippen LogP contribution in [0.2, 0.25) is 0 Å². The van der Waals surface area contributed by atoms with Gasteiger partial charge in [0.15, 0.2) is 5.82 Å². The summed E-state index contributed by atoms with van der Waals surface area (Å²) in [5.74, 6) is 0.460. The lowest BCUT2D eigenvalue weighted by molar-refractivity contribution is 0.220. The monoisotopic (exact) mass is 315 g/mol. The van der Waals surface area contributed by atoms with E-state index in [1.165, 1.54) is 6.20 Å². The standard InChI is InChI=1S/C13H25N5O2S/c1-3-6-18-10-12(13(14)16-18)21(19,20)15-9-11-4-7-17(2)8-5-11/h10-11,15H,3-9H2,1-2H3,(H2,14,16). The number of aryl methyl sites for hydroxylation is 1. The lowest BCUT2D eigenvalue weighted by Gasteiger charge is -2.28. The number of aromatic nitrogens is 2. The van der Waals surface area contributed by atoms with Crippen molar-refractivity contribution in [2.24, 2.45) is 5.92 Å². The average molecular weight is 315 g/mol. The lowest BCUT2D eigenvalue weighted by atomic mass is 9.98. The van der Waals surface area contributed by atoms with Gasteiger partial charge in [0.05, 0.1) is 0 Å². The van der Waals surface area contributed by atoms with Crippen molar-refractivity contribution in [1.82, 2.24) is 19.4 Å². The molecule has 7 nitrogen and oxygen atoms in total. The Hall–Kier alpha value is -1.12. The number of hydrogen-bond acceptors (Lipinski definition) is 5. The Bertz CT molecular complexity index is 561. The number of nitrogen functional groups attached to an aromatic ring is 1. The van der Waals surface area contributed by atoms with E-state index >= 15 is 0 Å². The molecule has 0 amide bonds. The summed E-state index contributed by atoms with van der Waals surface area (Å²) in [7, 11) is -1.49. The molecule has 2 rings (SSSR count). The van der Waals surface area contributed by atoms with Gasteiger partial charge < -0.3 is 10.6 Å². The Labute approximate surface area is 126 Å². The van der Waals surface area contributed by atoms with Gasteiger partial charge >= 0.3 is 0 Å². The van der Waals surface area contributed by atoms with Gasteiger partial charge in [-0.2, -0.15) is 5.10 Å². The van der Waals surface area contributed by atoms with Crippen LogP contribution in [0.5, 0.6) is 0 Å². The predicted octanol–water partition coefficient (Wildman–Crippen LogP) is 0.495. The van der Waals surface area contributed by atoms with Crippen molar-refractivity contribution >= 4 is 15.8 Å². The second-order valence-corrected chi connectivity index (χ2v) is 7.48. The Kier molecular flexibility index (Phi) is 5.23. The molecule has 0 atom stereocenters. The second kappa shape index (κ2) is 6.76. The highest BCUT2D eigenvalue weighted by Gasteiger charge is 2.23. The van der Waals surface area contributed by atoms with Crippen LogP contribution in [0.4, 0.5) is 5.82 Å². The van der Waals surface area contributed by atoms with Gasteiger partial charge in [-0.05, 0) is 45.3 Å². The molecule has 0 radical (unpaired) electrons. The molecule has 21 heavy (non-hydrogen) atoms. The molecular formula is C13H25N5O2S. The zero-order valence-electron chi connectivity index (χ0n) is 12.7. The molecule has 1 saturated heterocycles. The molecule has 0 saturated carbocycles. The van der Waals surface area contributed by atoms with Crippen LogP contribution in [-0.4, -0.2) is 49.8 Å². The number of nitrogens with two attached hydrogens (primary N) is 1. The summed E-state index contributed by atoms with van der Waals surface area (Å²) in [4.78, 5) is 2.35. The minimum Gasteiger partial charge on any atom is -0.381 e. The molecule has 1 aliphatic heterocycles. The van der Waals surface area contributed by atoms with E-state index in [9.17, 15) is 8.42 Å². The van der Waals surface area contributed by atoms with Crippen LogP contribution < -0.4 is 10.5 Å². The molecular weight excluding hydrogens is 290 g/mol. The zero-order chi connectivity index (χ0) is 15.5. The highest BCUT2D eigenvalue weighted by atomic mass is 32.2. The van der Waals surface area contributed by atoms with Crippen molar-refractivity contribution < 1.29 is 8.42 Å². The van der Waals surface area contributed by atoms with Crippen molar-refractivity contribution in [3.05, 3.63) is 6.20 Å². The van der Waals surface area contributed by atoms with Gasteiger partial charge in [-0.25, -0.2) is 13.1 Å². The van der Waals surface area contributed by atoms with Crippen LogP contribution in [0.3, 0.4) is 0 Å². The quantitative estimate of drug-likeness (QED) is 0.797. The van der Waals surface area contributed by atoms with Crippen LogP contribution in [0.25, 0.3) is 0 Å². The maximum Gasteiger partial charge on any atom is 0.245 e. The Morgan fingerprint density at radius 1 is 1.43 bits per heavy atom. The number of nitrogens with zero attached hydrogens (tertiary/aromatic N) is 3. The van der Waals surface area contributed by atoms with Crippen LogP contribution >= 0.6 is 0 Å². The van der Waals surface area contributed by atoms with Crippen molar-refractivity contribution in [2.75, 3.05) is 32.4 Å². The minimum atomic E-state index is -3.57. The van der Waals surface area contributed by atoms with Gasteiger partial charge in [-0.3, -0.25) is 4.68 Å². The smallest absolute Gasteiger partial charge is 0.245 e. The third-order valence-electron chi connectivity index (χ3n) is 3.90. The summed E-state index contributed by atoms with van der Waals surface area (Å²) in [5, 5.41) is 4.04. The van der Waals surface area contributed by atoms with Gasteiger partial charge in [-0.15, -0.1) is 0 Å². The van der Waals surface area contributed by atoms with Crippen molar-refractivity contribution in [3.63, 3.8) is 0 Å². The summed E-state index contributed by atoms with van der Waals surface area (Å²) >= 11 is 0. The van der Waals surface area contributed by atoms with E-state index < -0.39 is 10.0 Å². The molecule has 0 unspecified atom stereocenters. The van der Waals surface area contributed by atoms with E-state index in [-0.39, 0.29) is 10.7 Å². The summed E-state index contributed by atoms with van der Waals surface area (Å²) in [5.41, 5.74) is 5.73. The third-order valence-corrected chi connectivity index (χ3v) is 5.34. The molecule has 0 aromatic carbocycles. The molecule has 0 bridgehead atoms. The molecule has 3 N–H and O–H groups in total. The normalized spacial score (nSPS) is 18.2. The highest BCUT2D eigenvalue weighted by molar-refractivity contribution is 7.89. The van der Waals surface area contributed by atoms with E-state index in [0.29, 0.717) is 19.0 Å². The Morgan fingerprint density at radius 2 is 2.10 bits per heavy atom. The third kappa shape index (κ3) is 4.18. The van der Waals surface area contributed by atoms with Gasteiger partial charge in [0.2, 0.25) is 10.0 Å². The Morgan fingerprint density at radius 3 is 2.71 bits per heavy atom. The number of piperidine rings is 1. The van der Waals surface area contributed by atoms with E-state index in [1.807, 2.05) is 6.92 Å². The number of sulfonamides is 1. The van der Waals surface area contributed by atoms with Crippen LogP contribution in [-0.2, 0) is 16.6 Å². The summed E-state index contributed by atoms with van der Waals surface area (Å²) in [6, 6.07) is 0. The fourth-order valence-corrected chi connectivity index (χ4v) is 3.73. The lowest BCUT2D eigenvalue weighted by Crippen LogP contribution is -2.36. The summed E-state index contributed by atoms with van der Waals surface area (Å²) in [6.45, 7) is 5.17. The molecule has 1 aromatic rings. The minimum absolute atomic E-state index is 0.0688. The molecule has 0 spiro atoms. The maximum atomic E-state index is 12.3. The first-order valence-electron chi connectivity index (χ1n) is 7.43. The predicted molar refractivity (Wildman–Crippen MR) is 82.3 cm³/mol. The maximum absolute atomic E-state index is 12.3. The SMILES string of the molecule is CCCn1cc(S(=O)(=O)NCC2CCN(C)CC2)c(N)n1. The van der Waals surface area contributed by atoms with Crippen LogP contribution in [0.1, 0.15) is 26.2 Å². The molecule has 120 valence electrons. The van der Waals surface area contributed by atoms with Gasteiger partial charge in [-0.1, -0.05) is 6.92 Å². The van der Waals surface area contributed by atoms with Crippen molar-refractivity contribution in [2.45, 2.75) is 37.6 Å². The number of anilines is 1. The fraction of sp³-hybridized carbons (Fsp3) is 0.769. The largest absolute Gasteiger partial charge is 0.381 e. The van der Waals surface area contributed by atoms with E-state index in [0.717, 1.165) is 32.4 Å². The van der Waals surface area contributed by atoms with E-state index in [2.05, 4.69) is 21.8 Å². The molecule has 0 aliphatic carbocycles. The topological polar surface area (TPSA) is 93.2 Å². The second-order valence-electron chi connectivity index (χ2n) is 5.74. The fourth-order valence-electron chi connectivity index (χ4n) is 2.54. The number of nitrogens with one attached hydrogen (secondary N) is 1. The van der Waals surface area contributed by atoms with Crippen LogP contribution in [0.15, 0.2) is 11.1 Å². The molecule has 8 heteroatoms.